The van der Waals surface area contributed by atoms with Crippen molar-refractivity contribution in [2.45, 2.75) is 51.7 Å². The zero-order chi connectivity index (χ0) is 14.0. The van der Waals surface area contributed by atoms with Crippen LogP contribution in [0.3, 0.4) is 0 Å². The lowest BCUT2D eigenvalue weighted by molar-refractivity contribution is 0.150. The van der Waals surface area contributed by atoms with E-state index in [4.69, 9.17) is 23.2 Å². The zero-order valence-electron chi connectivity index (χ0n) is 11.7. The predicted octanol–water partition coefficient (Wildman–Crippen LogP) is 4.58. The number of hydrogen-bond acceptors (Lipinski definition) is 3. The first-order valence-corrected chi connectivity index (χ1v) is 8.50. The summed E-state index contributed by atoms with van der Waals surface area (Å²) in [6.07, 6.45) is 2.56. The molecule has 1 fully saturated rings. The van der Waals surface area contributed by atoms with Gasteiger partial charge in [0.05, 0.1) is 8.67 Å². The van der Waals surface area contributed by atoms with Gasteiger partial charge in [0.1, 0.15) is 0 Å². The molecular weight excluding hydrogens is 299 g/mol. The molecule has 2 unspecified atom stereocenters. The van der Waals surface area contributed by atoms with E-state index in [0.717, 1.165) is 27.3 Å². The van der Waals surface area contributed by atoms with Gasteiger partial charge in [0.25, 0.3) is 0 Å². The number of thiophene rings is 1. The second kappa shape index (κ2) is 6.77. The Hall–Kier alpha value is 0.200. The Morgan fingerprint density at radius 2 is 2.16 bits per heavy atom. The first-order valence-electron chi connectivity index (χ1n) is 6.93. The van der Waals surface area contributed by atoms with Crippen LogP contribution in [0.15, 0.2) is 6.07 Å². The lowest BCUT2D eigenvalue weighted by Gasteiger charge is -2.34. The Morgan fingerprint density at radius 1 is 1.42 bits per heavy atom. The highest BCUT2D eigenvalue weighted by atomic mass is 35.5. The zero-order valence-corrected chi connectivity index (χ0v) is 14.1. The van der Waals surface area contributed by atoms with Gasteiger partial charge in [-0.2, -0.15) is 0 Å². The summed E-state index contributed by atoms with van der Waals surface area (Å²) >= 11 is 13.8. The lowest BCUT2D eigenvalue weighted by atomic mass is 10.1. The van der Waals surface area contributed by atoms with Gasteiger partial charge >= 0.3 is 0 Å². The maximum Gasteiger partial charge on any atom is 0.0991 e. The van der Waals surface area contributed by atoms with Crippen LogP contribution >= 0.6 is 34.5 Å². The van der Waals surface area contributed by atoms with Crippen molar-refractivity contribution in [1.29, 1.82) is 0 Å². The summed E-state index contributed by atoms with van der Waals surface area (Å²) in [5.74, 6) is 0. The van der Waals surface area contributed by atoms with E-state index in [-0.39, 0.29) is 0 Å². The van der Waals surface area contributed by atoms with Gasteiger partial charge < -0.3 is 5.32 Å². The predicted molar refractivity (Wildman–Crippen MR) is 85.6 cm³/mol. The Labute approximate surface area is 130 Å². The van der Waals surface area contributed by atoms with Crippen molar-refractivity contribution < 1.29 is 0 Å². The van der Waals surface area contributed by atoms with Crippen LogP contribution in [-0.4, -0.2) is 30.1 Å². The van der Waals surface area contributed by atoms with Crippen molar-refractivity contribution in [2.75, 3.05) is 13.1 Å². The minimum Gasteiger partial charge on any atom is -0.313 e. The molecule has 0 amide bonds. The van der Waals surface area contributed by atoms with Crippen LogP contribution in [0.1, 0.15) is 45.2 Å². The third kappa shape index (κ3) is 3.85. The van der Waals surface area contributed by atoms with Crippen LogP contribution in [0, 0.1) is 0 Å². The van der Waals surface area contributed by atoms with E-state index in [1.807, 2.05) is 6.07 Å². The first-order chi connectivity index (χ1) is 8.99. The van der Waals surface area contributed by atoms with Crippen molar-refractivity contribution in [3.63, 3.8) is 0 Å². The fourth-order valence-corrected chi connectivity index (χ4v) is 4.43. The molecule has 1 saturated heterocycles. The Kier molecular flexibility index (Phi) is 5.55. The average molecular weight is 321 g/mol. The highest BCUT2D eigenvalue weighted by Gasteiger charge is 2.26. The molecule has 1 aliphatic rings. The Balaban J connectivity index is 2.11. The van der Waals surface area contributed by atoms with Crippen molar-refractivity contribution in [3.05, 3.63) is 20.3 Å². The smallest absolute Gasteiger partial charge is 0.0991 e. The second-order valence-corrected chi connectivity index (χ2v) is 7.82. The molecule has 1 N–H and O–H groups in total. The maximum atomic E-state index is 6.30. The van der Waals surface area contributed by atoms with E-state index in [2.05, 4.69) is 31.0 Å². The van der Waals surface area contributed by atoms with E-state index in [1.165, 1.54) is 24.2 Å². The van der Waals surface area contributed by atoms with E-state index in [1.54, 1.807) is 0 Å². The Morgan fingerprint density at radius 3 is 2.63 bits per heavy atom. The summed E-state index contributed by atoms with van der Waals surface area (Å²) in [7, 11) is 0. The van der Waals surface area contributed by atoms with Gasteiger partial charge in [0.2, 0.25) is 0 Å². The van der Waals surface area contributed by atoms with Gasteiger partial charge in [0, 0.05) is 30.2 Å². The Bertz CT molecular complexity index is 414. The summed E-state index contributed by atoms with van der Waals surface area (Å²) < 4.78 is 1.59. The maximum absolute atomic E-state index is 6.30. The molecule has 0 radical (unpaired) electrons. The van der Waals surface area contributed by atoms with E-state index >= 15 is 0 Å². The first kappa shape index (κ1) is 15.6. The summed E-state index contributed by atoms with van der Waals surface area (Å²) in [5, 5.41) is 3.57. The van der Waals surface area contributed by atoms with Gasteiger partial charge in [0.15, 0.2) is 0 Å². The standard InChI is InChI=1S/C14H22Cl2N2S/c1-9(2)18(8-11-5-4-6-17-11)10(3)12-7-13(15)19-14(12)16/h7,9-11,17H,4-6,8H2,1-3H3. The molecule has 1 aliphatic heterocycles. The molecule has 19 heavy (non-hydrogen) atoms. The highest BCUT2D eigenvalue weighted by Crippen LogP contribution is 2.37. The number of hydrogen-bond donors (Lipinski definition) is 1. The molecule has 2 rings (SSSR count). The van der Waals surface area contributed by atoms with E-state index < -0.39 is 0 Å². The topological polar surface area (TPSA) is 15.3 Å². The molecule has 1 aromatic rings. The summed E-state index contributed by atoms with van der Waals surface area (Å²) in [5.41, 5.74) is 1.16. The van der Waals surface area contributed by atoms with Crippen molar-refractivity contribution >= 4 is 34.5 Å². The van der Waals surface area contributed by atoms with Crippen LogP contribution in [0.4, 0.5) is 0 Å². The van der Waals surface area contributed by atoms with Gasteiger partial charge in [-0.3, -0.25) is 4.90 Å². The number of nitrogens with one attached hydrogen (secondary N) is 1. The van der Waals surface area contributed by atoms with Gasteiger partial charge in [-0.1, -0.05) is 23.2 Å². The largest absolute Gasteiger partial charge is 0.313 e. The van der Waals surface area contributed by atoms with Crippen LogP contribution in [0.5, 0.6) is 0 Å². The molecule has 0 aliphatic carbocycles. The number of rotatable bonds is 5. The summed E-state index contributed by atoms with van der Waals surface area (Å²) in [6, 6.07) is 3.42. The fraction of sp³-hybridized carbons (Fsp3) is 0.714. The van der Waals surface area contributed by atoms with Crippen LogP contribution in [-0.2, 0) is 0 Å². The molecule has 0 spiro atoms. The minimum absolute atomic E-state index is 0.304. The summed E-state index contributed by atoms with van der Waals surface area (Å²) in [6.45, 7) is 8.93. The summed E-state index contributed by atoms with van der Waals surface area (Å²) in [4.78, 5) is 2.51. The SMILES string of the molecule is CC(C)N(CC1CCCN1)C(C)c1cc(Cl)sc1Cl. The average Bonchev–Trinajstić information content (AvgIpc) is 2.94. The van der Waals surface area contributed by atoms with Crippen molar-refractivity contribution in [1.82, 2.24) is 10.2 Å². The minimum atomic E-state index is 0.304. The van der Waals surface area contributed by atoms with Crippen molar-refractivity contribution in [2.24, 2.45) is 0 Å². The molecule has 2 heterocycles. The third-order valence-corrected chi connectivity index (χ3v) is 5.41. The van der Waals surface area contributed by atoms with E-state index in [0.29, 0.717) is 18.1 Å². The third-order valence-electron chi connectivity index (χ3n) is 3.89. The molecule has 108 valence electrons. The molecule has 2 atom stereocenters. The molecule has 0 bridgehead atoms. The van der Waals surface area contributed by atoms with E-state index in [9.17, 15) is 0 Å². The number of halogens is 2. The molecule has 2 nitrogen and oxygen atoms in total. The molecule has 5 heteroatoms. The quantitative estimate of drug-likeness (QED) is 0.854. The van der Waals surface area contributed by atoms with Crippen LogP contribution in [0.2, 0.25) is 8.67 Å². The van der Waals surface area contributed by atoms with Gasteiger partial charge in [-0.25, -0.2) is 0 Å². The second-order valence-electron chi connectivity index (χ2n) is 5.54. The monoisotopic (exact) mass is 320 g/mol. The highest BCUT2D eigenvalue weighted by molar-refractivity contribution is 7.20. The molecule has 0 saturated carbocycles. The molecular formula is C14H22Cl2N2S. The van der Waals surface area contributed by atoms with Crippen molar-refractivity contribution in [3.8, 4) is 0 Å². The normalized spacial score (nSPS) is 21.5. The number of nitrogens with zero attached hydrogens (tertiary/aromatic N) is 1. The van der Waals surface area contributed by atoms with Gasteiger partial charge in [-0.15, -0.1) is 11.3 Å². The van der Waals surface area contributed by atoms with Crippen LogP contribution in [0.25, 0.3) is 0 Å². The van der Waals surface area contributed by atoms with Crippen LogP contribution < -0.4 is 5.32 Å². The fourth-order valence-electron chi connectivity index (χ4n) is 2.80. The molecule has 0 aromatic carbocycles. The molecule has 1 aromatic heterocycles. The van der Waals surface area contributed by atoms with Gasteiger partial charge in [-0.05, 0) is 46.2 Å². The lowest BCUT2D eigenvalue weighted by Crippen LogP contribution is -2.42.